The Kier molecular flexibility index (Phi) is 10.6. The van der Waals surface area contributed by atoms with Gasteiger partial charge in [-0.05, 0) is 18.6 Å². The van der Waals surface area contributed by atoms with Gasteiger partial charge in [0.05, 0.1) is 13.2 Å². The standard InChI is InChI=1S/C14H20N2O3.C2H6/c1-11-7-4-5-8-13(11)18-9-6-10-19-14(15-3)16-12(2)17;1-2/h4-5,7-8H,6,9-10H2,1-3H3,(H,15,16,17);1-2H3. The lowest BCUT2D eigenvalue weighted by Crippen LogP contribution is -2.30. The van der Waals surface area contributed by atoms with Crippen molar-refractivity contribution in [2.45, 2.75) is 34.1 Å². The Morgan fingerprint density at radius 3 is 2.48 bits per heavy atom. The normalized spacial score (nSPS) is 10.2. The van der Waals surface area contributed by atoms with Crippen LogP contribution in [0.25, 0.3) is 0 Å². The van der Waals surface area contributed by atoms with E-state index in [1.165, 1.54) is 6.92 Å². The summed E-state index contributed by atoms with van der Waals surface area (Å²) in [5.41, 5.74) is 1.11. The lowest BCUT2D eigenvalue weighted by Gasteiger charge is -2.10. The minimum atomic E-state index is -0.197. The molecule has 0 spiro atoms. The molecule has 0 aliphatic carbocycles. The first-order valence-electron chi connectivity index (χ1n) is 7.19. The molecule has 1 N–H and O–H groups in total. The van der Waals surface area contributed by atoms with Crippen LogP contribution < -0.4 is 10.1 Å². The second-order valence-corrected chi connectivity index (χ2v) is 4.03. The molecule has 1 amide bonds. The number of ether oxygens (including phenoxy) is 2. The highest BCUT2D eigenvalue weighted by molar-refractivity contribution is 5.92. The third-order valence-corrected chi connectivity index (χ3v) is 2.36. The highest BCUT2D eigenvalue weighted by Gasteiger charge is 2.02. The lowest BCUT2D eigenvalue weighted by molar-refractivity contribution is -0.117. The van der Waals surface area contributed by atoms with E-state index in [0.717, 1.165) is 11.3 Å². The van der Waals surface area contributed by atoms with Crippen LogP contribution in [0.4, 0.5) is 0 Å². The maximum atomic E-state index is 10.8. The Bertz CT molecular complexity index is 445. The summed E-state index contributed by atoms with van der Waals surface area (Å²) < 4.78 is 10.9. The molecule has 1 aromatic rings. The summed E-state index contributed by atoms with van der Waals surface area (Å²) in [4.78, 5) is 14.6. The molecule has 21 heavy (non-hydrogen) atoms. The first-order chi connectivity index (χ1) is 10.1. The van der Waals surface area contributed by atoms with E-state index in [9.17, 15) is 4.79 Å². The van der Waals surface area contributed by atoms with Gasteiger partial charge in [0.25, 0.3) is 6.02 Å². The predicted octanol–water partition coefficient (Wildman–Crippen LogP) is 2.93. The highest BCUT2D eigenvalue weighted by atomic mass is 16.5. The van der Waals surface area contributed by atoms with Gasteiger partial charge in [-0.3, -0.25) is 10.1 Å². The minimum Gasteiger partial charge on any atom is -0.493 e. The zero-order valence-corrected chi connectivity index (χ0v) is 13.6. The molecule has 0 saturated carbocycles. The van der Waals surface area contributed by atoms with E-state index in [1.54, 1.807) is 7.05 Å². The van der Waals surface area contributed by atoms with Gasteiger partial charge in [0.1, 0.15) is 5.75 Å². The predicted molar refractivity (Wildman–Crippen MR) is 85.8 cm³/mol. The number of nitrogens with zero attached hydrogens (tertiary/aromatic N) is 1. The van der Waals surface area contributed by atoms with Crippen molar-refractivity contribution in [2.75, 3.05) is 20.3 Å². The first kappa shape index (κ1) is 19.0. The number of hydrogen-bond donors (Lipinski definition) is 1. The SMILES string of the molecule is CC.CN=C(NC(C)=O)OCCCOc1ccccc1C. The van der Waals surface area contributed by atoms with Crippen LogP contribution in [0.5, 0.6) is 5.75 Å². The van der Waals surface area contributed by atoms with Crippen LogP contribution in [-0.4, -0.2) is 32.2 Å². The van der Waals surface area contributed by atoms with Gasteiger partial charge in [-0.25, -0.2) is 4.99 Å². The summed E-state index contributed by atoms with van der Waals surface area (Å²) in [7, 11) is 1.56. The van der Waals surface area contributed by atoms with Crippen molar-refractivity contribution < 1.29 is 14.3 Å². The molecule has 0 fully saturated rings. The van der Waals surface area contributed by atoms with Gasteiger partial charge in [-0.2, -0.15) is 0 Å². The summed E-state index contributed by atoms with van der Waals surface area (Å²) in [6.45, 7) is 8.42. The molecule has 5 heteroatoms. The summed E-state index contributed by atoms with van der Waals surface area (Å²) in [6.07, 6.45) is 0.715. The zero-order valence-electron chi connectivity index (χ0n) is 13.6. The summed E-state index contributed by atoms with van der Waals surface area (Å²) >= 11 is 0. The number of amidine groups is 1. The Balaban J connectivity index is 0.00000191. The van der Waals surface area contributed by atoms with Crippen molar-refractivity contribution in [2.24, 2.45) is 4.99 Å². The molecule has 0 unspecified atom stereocenters. The Morgan fingerprint density at radius 1 is 1.24 bits per heavy atom. The fraction of sp³-hybridized carbons (Fsp3) is 0.500. The number of carbonyl (C=O) groups is 1. The van der Waals surface area contributed by atoms with Crippen molar-refractivity contribution in [1.82, 2.24) is 5.32 Å². The molecule has 0 aromatic heterocycles. The third kappa shape index (κ3) is 8.68. The smallest absolute Gasteiger partial charge is 0.291 e. The Morgan fingerprint density at radius 2 is 1.90 bits per heavy atom. The van der Waals surface area contributed by atoms with Gasteiger partial charge >= 0.3 is 0 Å². The number of nitrogens with one attached hydrogen (secondary N) is 1. The number of aliphatic imine (C=N–C) groups is 1. The largest absolute Gasteiger partial charge is 0.493 e. The molecule has 0 bridgehead atoms. The van der Waals surface area contributed by atoms with E-state index >= 15 is 0 Å². The molecule has 0 heterocycles. The van der Waals surface area contributed by atoms with Crippen LogP contribution in [-0.2, 0) is 9.53 Å². The number of para-hydroxylation sites is 1. The molecule has 0 atom stereocenters. The maximum Gasteiger partial charge on any atom is 0.291 e. The van der Waals surface area contributed by atoms with E-state index in [1.807, 2.05) is 45.0 Å². The van der Waals surface area contributed by atoms with Crippen LogP contribution >= 0.6 is 0 Å². The third-order valence-electron chi connectivity index (χ3n) is 2.36. The lowest BCUT2D eigenvalue weighted by atomic mass is 10.2. The highest BCUT2D eigenvalue weighted by Crippen LogP contribution is 2.15. The van der Waals surface area contributed by atoms with Gasteiger partial charge in [-0.15, -0.1) is 0 Å². The maximum absolute atomic E-state index is 10.8. The molecule has 5 nitrogen and oxygen atoms in total. The number of benzene rings is 1. The van der Waals surface area contributed by atoms with Crippen molar-refractivity contribution in [3.63, 3.8) is 0 Å². The Hall–Kier alpha value is -2.04. The van der Waals surface area contributed by atoms with Crippen molar-refractivity contribution in [3.05, 3.63) is 29.8 Å². The quantitative estimate of drug-likeness (QED) is 0.516. The van der Waals surface area contributed by atoms with Gasteiger partial charge in [-0.1, -0.05) is 32.0 Å². The monoisotopic (exact) mass is 294 g/mol. The van der Waals surface area contributed by atoms with E-state index in [2.05, 4.69) is 10.3 Å². The van der Waals surface area contributed by atoms with Crippen molar-refractivity contribution in [3.8, 4) is 5.75 Å². The molecule has 118 valence electrons. The number of aryl methyl sites for hydroxylation is 1. The Labute approximate surface area is 127 Å². The van der Waals surface area contributed by atoms with Gasteiger partial charge < -0.3 is 9.47 Å². The van der Waals surface area contributed by atoms with E-state index in [-0.39, 0.29) is 11.9 Å². The van der Waals surface area contributed by atoms with Crippen LogP contribution in [0.3, 0.4) is 0 Å². The summed E-state index contributed by atoms with van der Waals surface area (Å²) in [5, 5.41) is 2.50. The second kappa shape index (κ2) is 11.8. The van der Waals surface area contributed by atoms with Crippen LogP contribution in [0, 0.1) is 6.92 Å². The molecular weight excluding hydrogens is 268 g/mol. The van der Waals surface area contributed by atoms with Crippen molar-refractivity contribution in [1.29, 1.82) is 0 Å². The summed E-state index contributed by atoms with van der Waals surface area (Å²) in [5.74, 6) is 0.686. The van der Waals surface area contributed by atoms with Crippen LogP contribution in [0.15, 0.2) is 29.3 Å². The molecule has 0 aliphatic heterocycles. The summed E-state index contributed by atoms with van der Waals surface area (Å²) in [6, 6.07) is 8.10. The number of carbonyl (C=O) groups excluding carboxylic acids is 1. The number of amides is 1. The van der Waals surface area contributed by atoms with Gasteiger partial charge in [0.2, 0.25) is 5.91 Å². The second-order valence-electron chi connectivity index (χ2n) is 4.03. The zero-order chi connectivity index (χ0) is 16.1. The molecule has 1 rings (SSSR count). The topological polar surface area (TPSA) is 59.9 Å². The fourth-order valence-electron chi connectivity index (χ4n) is 1.44. The van der Waals surface area contributed by atoms with Crippen LogP contribution in [0.1, 0.15) is 32.8 Å². The number of rotatable bonds is 5. The minimum absolute atomic E-state index is 0.197. The van der Waals surface area contributed by atoms with Gasteiger partial charge in [0, 0.05) is 20.4 Å². The van der Waals surface area contributed by atoms with Crippen molar-refractivity contribution >= 4 is 11.9 Å². The fourth-order valence-corrected chi connectivity index (χ4v) is 1.44. The molecule has 1 aromatic carbocycles. The molecule has 0 saturated heterocycles. The average Bonchev–Trinajstić information content (AvgIpc) is 2.49. The van der Waals surface area contributed by atoms with Crippen LogP contribution in [0.2, 0.25) is 0 Å². The first-order valence-corrected chi connectivity index (χ1v) is 7.19. The molecular formula is C16H26N2O3. The van der Waals surface area contributed by atoms with E-state index in [0.29, 0.717) is 19.6 Å². The van der Waals surface area contributed by atoms with Gasteiger partial charge in [0.15, 0.2) is 0 Å². The van der Waals surface area contributed by atoms with E-state index in [4.69, 9.17) is 9.47 Å². The number of hydrogen-bond acceptors (Lipinski definition) is 4. The molecule has 0 aliphatic rings. The molecule has 0 radical (unpaired) electrons. The average molecular weight is 294 g/mol. The van der Waals surface area contributed by atoms with E-state index < -0.39 is 0 Å².